The van der Waals surface area contributed by atoms with Gasteiger partial charge >= 0.3 is 5.97 Å². The Morgan fingerprint density at radius 1 is 0.880 bits per heavy atom. The Morgan fingerprint density at radius 2 is 1.48 bits per heavy atom. The first kappa shape index (κ1) is 24.2. The lowest BCUT2D eigenvalue weighted by molar-refractivity contribution is -0.154. The van der Waals surface area contributed by atoms with Gasteiger partial charge in [-0.25, -0.2) is 0 Å². The zero-order valence-corrected chi connectivity index (χ0v) is 17.9. The molecule has 0 aliphatic carbocycles. The first-order chi connectivity index (χ1) is 11.9. The normalized spacial score (nSPS) is 13.3. The fraction of sp³-hybridized carbons (Fsp3) is 0.870. The molecule has 0 aliphatic heterocycles. The van der Waals surface area contributed by atoms with E-state index in [0.29, 0.717) is 18.3 Å². The van der Waals surface area contributed by atoms with Crippen LogP contribution >= 0.6 is 0 Å². The predicted molar refractivity (Wildman–Crippen MR) is 110 cm³/mol. The average molecular weight is 353 g/mol. The largest absolute Gasteiger partial charge is 0.462 e. The van der Waals surface area contributed by atoms with Crippen molar-refractivity contribution in [2.24, 2.45) is 17.8 Å². The molecule has 0 radical (unpaired) electrons. The van der Waals surface area contributed by atoms with Gasteiger partial charge in [0.2, 0.25) is 0 Å². The summed E-state index contributed by atoms with van der Waals surface area (Å²) in [4.78, 5) is 11.9. The molecule has 148 valence electrons. The maximum absolute atomic E-state index is 11.9. The first-order valence-corrected chi connectivity index (χ1v) is 10.7. The lowest BCUT2D eigenvalue weighted by Gasteiger charge is -2.24. The van der Waals surface area contributed by atoms with Crippen molar-refractivity contribution in [3.05, 3.63) is 12.2 Å². The minimum atomic E-state index is -0.0172. The second-order valence-corrected chi connectivity index (χ2v) is 8.30. The van der Waals surface area contributed by atoms with Gasteiger partial charge in [0.05, 0.1) is 0 Å². The summed E-state index contributed by atoms with van der Waals surface area (Å²) >= 11 is 0. The number of hydrogen-bond acceptors (Lipinski definition) is 2. The Labute approximate surface area is 157 Å². The molecule has 0 saturated heterocycles. The molecular formula is C23H44O2. The molecule has 0 aromatic rings. The van der Waals surface area contributed by atoms with E-state index in [4.69, 9.17) is 4.74 Å². The highest BCUT2D eigenvalue weighted by molar-refractivity contribution is 5.69. The van der Waals surface area contributed by atoms with E-state index in [9.17, 15) is 4.79 Å². The fourth-order valence-corrected chi connectivity index (χ4v) is 3.27. The van der Waals surface area contributed by atoms with E-state index in [1.807, 2.05) is 0 Å². The molecule has 0 N–H and O–H groups in total. The van der Waals surface area contributed by atoms with E-state index in [0.717, 1.165) is 18.8 Å². The number of hydrogen-bond donors (Lipinski definition) is 0. The molecule has 2 heteroatoms. The molecule has 0 rings (SSSR count). The van der Waals surface area contributed by atoms with Gasteiger partial charge in [0, 0.05) is 6.42 Å². The van der Waals surface area contributed by atoms with E-state index in [-0.39, 0.29) is 12.1 Å². The highest BCUT2D eigenvalue weighted by atomic mass is 16.5. The number of carbonyl (C=O) groups is 1. The molecule has 0 aromatic carbocycles. The number of allylic oxidation sites excluding steroid dienone is 2. The van der Waals surface area contributed by atoms with Crippen LogP contribution < -0.4 is 0 Å². The molecule has 0 amide bonds. The van der Waals surface area contributed by atoms with E-state index in [1.165, 1.54) is 44.9 Å². The van der Waals surface area contributed by atoms with Crippen molar-refractivity contribution in [1.82, 2.24) is 0 Å². The summed E-state index contributed by atoms with van der Waals surface area (Å²) in [5.41, 5.74) is 0. The van der Waals surface area contributed by atoms with Gasteiger partial charge in [-0.3, -0.25) is 4.79 Å². The van der Waals surface area contributed by atoms with Crippen LogP contribution in [0.1, 0.15) is 106 Å². The summed E-state index contributed by atoms with van der Waals surface area (Å²) < 4.78 is 5.64. The summed E-state index contributed by atoms with van der Waals surface area (Å²) in [6, 6.07) is 0. The first-order valence-electron chi connectivity index (χ1n) is 10.7. The molecule has 0 bridgehead atoms. The van der Waals surface area contributed by atoms with Gasteiger partial charge in [-0.15, -0.1) is 0 Å². The maximum Gasteiger partial charge on any atom is 0.306 e. The van der Waals surface area contributed by atoms with Crippen LogP contribution in [0.5, 0.6) is 0 Å². The van der Waals surface area contributed by atoms with Crippen molar-refractivity contribution >= 4 is 5.97 Å². The molecule has 2 nitrogen and oxygen atoms in total. The van der Waals surface area contributed by atoms with Crippen LogP contribution in [0.3, 0.4) is 0 Å². The van der Waals surface area contributed by atoms with Crippen molar-refractivity contribution in [3.63, 3.8) is 0 Å². The maximum atomic E-state index is 11.9. The minimum Gasteiger partial charge on any atom is -0.462 e. The standard InChI is InChI=1S/C23H44O2/c1-7-8-16-21(6)17-14-12-10-9-11-13-15-18-22(24)25-23(19(2)3)20(4)5/h14,17,19-21,23H,7-13,15-16,18H2,1-6H3/b17-14+. The molecule has 0 spiro atoms. The van der Waals surface area contributed by atoms with Crippen molar-refractivity contribution in [1.29, 1.82) is 0 Å². The summed E-state index contributed by atoms with van der Waals surface area (Å²) in [7, 11) is 0. The van der Waals surface area contributed by atoms with E-state index in [2.05, 4.69) is 53.7 Å². The van der Waals surface area contributed by atoms with E-state index >= 15 is 0 Å². The number of rotatable bonds is 15. The van der Waals surface area contributed by atoms with Crippen LogP contribution in [0.2, 0.25) is 0 Å². The Kier molecular flexibility index (Phi) is 15.0. The lowest BCUT2D eigenvalue weighted by Crippen LogP contribution is -2.28. The highest BCUT2D eigenvalue weighted by Gasteiger charge is 2.21. The van der Waals surface area contributed by atoms with Gasteiger partial charge in [-0.2, -0.15) is 0 Å². The zero-order valence-electron chi connectivity index (χ0n) is 17.9. The SMILES string of the molecule is CCCCC(C)/C=C/CCCCCCCC(=O)OC(C(C)C)C(C)C. The molecule has 0 fully saturated rings. The summed E-state index contributed by atoms with van der Waals surface area (Å²) in [5, 5.41) is 0. The highest BCUT2D eigenvalue weighted by Crippen LogP contribution is 2.18. The van der Waals surface area contributed by atoms with Gasteiger partial charge in [0.15, 0.2) is 0 Å². The van der Waals surface area contributed by atoms with Gasteiger partial charge in [0.25, 0.3) is 0 Å². The van der Waals surface area contributed by atoms with Gasteiger partial charge in [-0.05, 0) is 43.4 Å². The average Bonchev–Trinajstić information content (AvgIpc) is 2.55. The number of esters is 1. The third kappa shape index (κ3) is 14.1. The van der Waals surface area contributed by atoms with Crippen LogP contribution in [-0.2, 0) is 9.53 Å². The Hall–Kier alpha value is -0.790. The van der Waals surface area contributed by atoms with E-state index < -0.39 is 0 Å². The third-order valence-electron chi connectivity index (χ3n) is 4.81. The molecule has 1 atom stereocenters. The molecular weight excluding hydrogens is 308 g/mol. The molecule has 1 unspecified atom stereocenters. The van der Waals surface area contributed by atoms with Crippen LogP contribution in [-0.4, -0.2) is 12.1 Å². The molecule has 0 aliphatic rings. The van der Waals surface area contributed by atoms with Crippen LogP contribution in [0.25, 0.3) is 0 Å². The molecule has 0 saturated carbocycles. The van der Waals surface area contributed by atoms with Crippen molar-refractivity contribution in [3.8, 4) is 0 Å². The van der Waals surface area contributed by atoms with Crippen LogP contribution in [0, 0.1) is 17.8 Å². The number of carbonyl (C=O) groups excluding carboxylic acids is 1. The molecule has 25 heavy (non-hydrogen) atoms. The van der Waals surface area contributed by atoms with Crippen LogP contribution in [0.15, 0.2) is 12.2 Å². The van der Waals surface area contributed by atoms with Crippen LogP contribution in [0.4, 0.5) is 0 Å². The van der Waals surface area contributed by atoms with Gasteiger partial charge < -0.3 is 4.74 Å². The number of ether oxygens (including phenoxy) is 1. The second-order valence-electron chi connectivity index (χ2n) is 8.30. The zero-order chi connectivity index (χ0) is 19.1. The molecule has 0 aromatic heterocycles. The smallest absolute Gasteiger partial charge is 0.306 e. The molecule has 0 heterocycles. The minimum absolute atomic E-state index is 0.0172. The summed E-state index contributed by atoms with van der Waals surface area (Å²) in [6.45, 7) is 13.1. The topological polar surface area (TPSA) is 26.3 Å². The Bertz CT molecular complexity index is 336. The Balaban J connectivity index is 3.60. The third-order valence-corrected chi connectivity index (χ3v) is 4.81. The summed E-state index contributed by atoms with van der Waals surface area (Å²) in [6.07, 6.45) is 16.4. The van der Waals surface area contributed by atoms with Gasteiger partial charge in [0.1, 0.15) is 6.10 Å². The van der Waals surface area contributed by atoms with Crippen molar-refractivity contribution in [2.75, 3.05) is 0 Å². The van der Waals surface area contributed by atoms with Crippen molar-refractivity contribution in [2.45, 2.75) is 112 Å². The van der Waals surface area contributed by atoms with Gasteiger partial charge in [-0.1, -0.05) is 85.8 Å². The van der Waals surface area contributed by atoms with E-state index in [1.54, 1.807) is 0 Å². The lowest BCUT2D eigenvalue weighted by atomic mass is 9.96. The summed E-state index contributed by atoms with van der Waals surface area (Å²) in [5.74, 6) is 1.49. The fourth-order valence-electron chi connectivity index (χ4n) is 3.27. The second kappa shape index (κ2) is 15.5. The predicted octanol–water partition coefficient (Wildman–Crippen LogP) is 7.32. The monoisotopic (exact) mass is 352 g/mol. The number of unbranched alkanes of at least 4 members (excludes halogenated alkanes) is 6. The Morgan fingerprint density at radius 3 is 2.08 bits per heavy atom. The quantitative estimate of drug-likeness (QED) is 0.175. The van der Waals surface area contributed by atoms with Crippen molar-refractivity contribution < 1.29 is 9.53 Å².